The highest BCUT2D eigenvalue weighted by atomic mass is 35.5. The topological polar surface area (TPSA) is 69.3 Å². The van der Waals surface area contributed by atoms with Crippen molar-refractivity contribution in [2.75, 3.05) is 19.3 Å². The second-order valence-corrected chi connectivity index (χ2v) is 7.07. The number of rotatable bonds is 2. The van der Waals surface area contributed by atoms with Crippen molar-refractivity contribution in [1.29, 1.82) is 5.26 Å². The molecule has 1 aromatic rings. The van der Waals surface area contributed by atoms with Gasteiger partial charge in [-0.3, -0.25) is 0 Å². The normalized spacial score (nSPS) is 27.9. The van der Waals surface area contributed by atoms with Crippen molar-refractivity contribution in [2.45, 2.75) is 6.42 Å². The minimum Gasteiger partial charge on any atom is -0.244 e. The average molecular weight is 285 g/mol. The van der Waals surface area contributed by atoms with Crippen LogP contribution in [0.3, 0.4) is 0 Å². The standard InChI is InChI=1S/C11H13ClN4OS/c1-16-6-10(7-18(16,17)15-8-13)4-9-2-3-11(12)14-5-9/h2-3,5,10H,4,6-7H2,1H3. The third-order valence-corrected chi connectivity index (χ3v) is 5.57. The second-order valence-electron chi connectivity index (χ2n) is 4.33. The van der Waals surface area contributed by atoms with Crippen molar-refractivity contribution in [2.24, 2.45) is 10.3 Å². The molecule has 0 N–H and O–H groups in total. The summed E-state index contributed by atoms with van der Waals surface area (Å²) >= 11 is 5.72. The molecule has 0 spiro atoms. The summed E-state index contributed by atoms with van der Waals surface area (Å²) in [5.74, 6) is 0.655. The largest absolute Gasteiger partial charge is 0.244 e. The maximum Gasteiger partial charge on any atom is 0.215 e. The van der Waals surface area contributed by atoms with Gasteiger partial charge in [0.1, 0.15) is 15.1 Å². The number of aromatic nitrogens is 1. The van der Waals surface area contributed by atoms with E-state index in [1.54, 1.807) is 29.8 Å². The molecule has 18 heavy (non-hydrogen) atoms. The van der Waals surface area contributed by atoms with E-state index in [0.717, 1.165) is 12.0 Å². The van der Waals surface area contributed by atoms with E-state index in [4.69, 9.17) is 16.9 Å². The van der Waals surface area contributed by atoms with E-state index < -0.39 is 9.92 Å². The molecule has 0 saturated carbocycles. The molecule has 0 aromatic carbocycles. The quantitative estimate of drug-likeness (QED) is 0.613. The molecule has 1 aliphatic rings. The Morgan fingerprint density at radius 1 is 1.72 bits per heavy atom. The molecule has 2 rings (SSSR count). The molecule has 7 heteroatoms. The summed E-state index contributed by atoms with van der Waals surface area (Å²) in [4.78, 5) is 4.02. The predicted octanol–water partition coefficient (Wildman–Crippen LogP) is 1.70. The summed E-state index contributed by atoms with van der Waals surface area (Å²) in [7, 11) is -0.770. The summed E-state index contributed by atoms with van der Waals surface area (Å²) in [5.41, 5.74) is 1.05. The molecule has 0 bridgehead atoms. The lowest BCUT2D eigenvalue weighted by Gasteiger charge is -2.09. The van der Waals surface area contributed by atoms with E-state index in [1.165, 1.54) is 0 Å². The Kier molecular flexibility index (Phi) is 3.85. The van der Waals surface area contributed by atoms with E-state index in [9.17, 15) is 4.21 Å². The summed E-state index contributed by atoms with van der Waals surface area (Å²) < 4.78 is 17.5. The van der Waals surface area contributed by atoms with Crippen LogP contribution in [0.2, 0.25) is 5.15 Å². The Bertz CT molecular complexity index is 586. The van der Waals surface area contributed by atoms with E-state index >= 15 is 0 Å². The van der Waals surface area contributed by atoms with Gasteiger partial charge in [-0.15, -0.1) is 4.36 Å². The van der Waals surface area contributed by atoms with Gasteiger partial charge in [0, 0.05) is 19.8 Å². The van der Waals surface area contributed by atoms with Crippen molar-refractivity contribution in [3.05, 3.63) is 29.0 Å². The molecule has 96 valence electrons. The number of pyridine rings is 1. The van der Waals surface area contributed by atoms with Gasteiger partial charge in [0.05, 0.1) is 5.75 Å². The molecular formula is C11H13ClN4OS. The van der Waals surface area contributed by atoms with Gasteiger partial charge in [0.2, 0.25) is 6.19 Å². The molecule has 0 aliphatic carbocycles. The van der Waals surface area contributed by atoms with E-state index in [1.807, 2.05) is 6.07 Å². The smallest absolute Gasteiger partial charge is 0.215 e. The fraction of sp³-hybridized carbons (Fsp3) is 0.455. The molecule has 5 nitrogen and oxygen atoms in total. The van der Waals surface area contributed by atoms with Gasteiger partial charge in [-0.2, -0.15) is 5.26 Å². The molecule has 1 aromatic heterocycles. The molecule has 1 fully saturated rings. The molecule has 2 heterocycles. The lowest BCUT2D eigenvalue weighted by atomic mass is 10.0. The summed E-state index contributed by atoms with van der Waals surface area (Å²) in [5, 5.41) is 9.03. The zero-order chi connectivity index (χ0) is 13.2. The van der Waals surface area contributed by atoms with Crippen molar-refractivity contribution >= 4 is 21.5 Å². The highest BCUT2D eigenvalue weighted by Gasteiger charge is 2.31. The van der Waals surface area contributed by atoms with Crippen molar-refractivity contribution in [3.8, 4) is 6.19 Å². The van der Waals surface area contributed by atoms with E-state index in [2.05, 4.69) is 9.35 Å². The van der Waals surface area contributed by atoms with Crippen LogP contribution >= 0.6 is 11.6 Å². The van der Waals surface area contributed by atoms with E-state index in [-0.39, 0.29) is 5.92 Å². The molecule has 2 atom stereocenters. The SMILES string of the molecule is CN1CC(Cc2ccc(Cl)nc2)CS1(=O)=NC#N. The summed E-state index contributed by atoms with van der Waals surface area (Å²) in [6, 6.07) is 3.66. The van der Waals surface area contributed by atoms with Gasteiger partial charge in [0.15, 0.2) is 0 Å². The lowest BCUT2D eigenvalue weighted by molar-refractivity contribution is 0.471. The highest BCUT2D eigenvalue weighted by molar-refractivity contribution is 7.91. The summed E-state index contributed by atoms with van der Waals surface area (Å²) in [6.45, 7) is 0.673. The minimum absolute atomic E-state index is 0.225. The van der Waals surface area contributed by atoms with Gasteiger partial charge in [0.25, 0.3) is 0 Å². The van der Waals surface area contributed by atoms with Crippen LogP contribution in [0, 0.1) is 17.4 Å². The fourth-order valence-corrected chi connectivity index (χ4v) is 4.11. The van der Waals surface area contributed by atoms with Crippen molar-refractivity contribution in [1.82, 2.24) is 9.29 Å². The molecule has 0 radical (unpaired) electrons. The van der Waals surface area contributed by atoms with Crippen LogP contribution in [0.4, 0.5) is 0 Å². The first-order valence-corrected chi connectivity index (χ1v) is 7.50. The Labute approximate surface area is 112 Å². The van der Waals surface area contributed by atoms with Crippen LogP contribution in [-0.4, -0.2) is 32.8 Å². The van der Waals surface area contributed by atoms with Gasteiger partial charge < -0.3 is 0 Å². The first-order chi connectivity index (χ1) is 8.53. The zero-order valence-corrected chi connectivity index (χ0v) is 11.5. The van der Waals surface area contributed by atoms with Crippen LogP contribution in [0.5, 0.6) is 0 Å². The number of halogens is 1. The Morgan fingerprint density at radius 2 is 2.50 bits per heavy atom. The lowest BCUT2D eigenvalue weighted by Crippen LogP contribution is -2.20. The number of nitriles is 1. The predicted molar refractivity (Wildman–Crippen MR) is 70.1 cm³/mol. The molecule has 1 saturated heterocycles. The zero-order valence-electron chi connectivity index (χ0n) is 9.91. The highest BCUT2D eigenvalue weighted by Crippen LogP contribution is 2.23. The second kappa shape index (κ2) is 5.22. The van der Waals surface area contributed by atoms with Crippen LogP contribution < -0.4 is 0 Å². The molecule has 1 aliphatic heterocycles. The molecule has 0 amide bonds. The Balaban J connectivity index is 2.11. The van der Waals surface area contributed by atoms with Crippen molar-refractivity contribution < 1.29 is 4.21 Å². The Hall–Kier alpha value is -1.16. The first kappa shape index (κ1) is 13.3. The van der Waals surface area contributed by atoms with Crippen molar-refractivity contribution in [3.63, 3.8) is 0 Å². The summed E-state index contributed by atoms with van der Waals surface area (Å²) in [6.07, 6.45) is 4.15. The molecular weight excluding hydrogens is 272 g/mol. The minimum atomic E-state index is -2.51. The van der Waals surface area contributed by atoms with E-state index in [0.29, 0.717) is 17.5 Å². The number of hydrogen-bond acceptors (Lipinski definition) is 4. The van der Waals surface area contributed by atoms with Crippen LogP contribution in [0.15, 0.2) is 22.7 Å². The number of nitrogens with zero attached hydrogens (tertiary/aromatic N) is 4. The maximum atomic E-state index is 12.3. The van der Waals surface area contributed by atoms with Gasteiger partial charge >= 0.3 is 0 Å². The average Bonchev–Trinajstić information content (AvgIpc) is 2.58. The van der Waals surface area contributed by atoms with Crippen LogP contribution in [-0.2, 0) is 16.3 Å². The number of hydrogen-bond donors (Lipinski definition) is 0. The molecule has 2 unspecified atom stereocenters. The van der Waals surface area contributed by atoms with Gasteiger partial charge in [-0.1, -0.05) is 17.7 Å². The third kappa shape index (κ3) is 2.80. The maximum absolute atomic E-state index is 12.3. The Morgan fingerprint density at radius 3 is 3.11 bits per heavy atom. The first-order valence-electron chi connectivity index (χ1n) is 5.48. The fourth-order valence-electron chi connectivity index (χ4n) is 2.12. The third-order valence-electron chi connectivity index (χ3n) is 2.95. The van der Waals surface area contributed by atoms with Gasteiger partial charge in [-0.05, 0) is 24.0 Å². The monoisotopic (exact) mass is 284 g/mol. The van der Waals surface area contributed by atoms with Crippen LogP contribution in [0.1, 0.15) is 5.56 Å². The van der Waals surface area contributed by atoms with Crippen LogP contribution in [0.25, 0.3) is 0 Å². The van der Waals surface area contributed by atoms with Gasteiger partial charge in [-0.25, -0.2) is 13.5 Å².